The molecule has 0 saturated carbocycles. The summed E-state index contributed by atoms with van der Waals surface area (Å²) in [6.07, 6.45) is 3.84. The van der Waals surface area contributed by atoms with Crippen molar-refractivity contribution in [3.8, 4) is 11.5 Å². The first kappa shape index (κ1) is 22.5. The fourth-order valence-corrected chi connectivity index (χ4v) is 4.89. The predicted octanol–water partition coefficient (Wildman–Crippen LogP) is 5.33. The molecule has 0 aromatic heterocycles. The van der Waals surface area contributed by atoms with E-state index in [0.29, 0.717) is 17.1 Å². The van der Waals surface area contributed by atoms with Crippen molar-refractivity contribution in [2.45, 2.75) is 19.4 Å². The van der Waals surface area contributed by atoms with Crippen LogP contribution in [0.5, 0.6) is 11.5 Å². The quantitative estimate of drug-likeness (QED) is 0.525. The van der Waals surface area contributed by atoms with Gasteiger partial charge < -0.3 is 14.4 Å². The second kappa shape index (κ2) is 9.42. The molecule has 6 nitrogen and oxygen atoms in total. The van der Waals surface area contributed by atoms with Crippen molar-refractivity contribution in [1.29, 1.82) is 0 Å². The van der Waals surface area contributed by atoms with Crippen LogP contribution in [0.15, 0.2) is 35.2 Å². The minimum absolute atomic E-state index is 0.104. The molecule has 2 aromatic rings. The van der Waals surface area contributed by atoms with Crippen molar-refractivity contribution in [2.75, 3.05) is 32.2 Å². The van der Waals surface area contributed by atoms with Crippen molar-refractivity contribution >= 4 is 46.3 Å². The molecule has 9 heteroatoms. The van der Waals surface area contributed by atoms with Gasteiger partial charge in [0.15, 0.2) is 0 Å². The summed E-state index contributed by atoms with van der Waals surface area (Å²) in [4.78, 5) is 28.9. The monoisotopic (exact) mass is 476 g/mol. The van der Waals surface area contributed by atoms with Gasteiger partial charge in [-0.2, -0.15) is 0 Å². The second-order valence-electron chi connectivity index (χ2n) is 7.43. The molecule has 0 atom stereocenters. The van der Waals surface area contributed by atoms with Gasteiger partial charge in [-0.1, -0.05) is 17.7 Å². The maximum atomic E-state index is 14.2. The molecule has 4 rings (SSSR count). The number of methoxy groups -OCH3 is 2. The fourth-order valence-electron chi connectivity index (χ4n) is 3.84. The number of rotatable bonds is 6. The van der Waals surface area contributed by atoms with Gasteiger partial charge in [0.1, 0.15) is 17.3 Å². The van der Waals surface area contributed by atoms with Gasteiger partial charge in [0.2, 0.25) is 0 Å². The van der Waals surface area contributed by atoms with Crippen LogP contribution in [-0.4, -0.2) is 43.4 Å². The smallest absolute Gasteiger partial charge is 0.293 e. The summed E-state index contributed by atoms with van der Waals surface area (Å²) in [5, 5.41) is -0.322. The molecule has 2 saturated heterocycles. The van der Waals surface area contributed by atoms with Crippen LogP contribution >= 0.6 is 23.4 Å². The Morgan fingerprint density at radius 3 is 2.50 bits per heavy atom. The van der Waals surface area contributed by atoms with Gasteiger partial charge in [0.05, 0.1) is 31.4 Å². The summed E-state index contributed by atoms with van der Waals surface area (Å²) in [5.41, 5.74) is 1.65. The van der Waals surface area contributed by atoms with Crippen LogP contribution in [0, 0.1) is 5.82 Å². The van der Waals surface area contributed by atoms with Gasteiger partial charge in [-0.15, -0.1) is 0 Å². The molecule has 0 N–H and O–H groups in total. The zero-order valence-electron chi connectivity index (χ0n) is 17.7. The van der Waals surface area contributed by atoms with Crippen LogP contribution < -0.4 is 14.4 Å². The Morgan fingerprint density at radius 1 is 1.12 bits per heavy atom. The Balaban J connectivity index is 1.65. The number of carbonyl (C=O) groups excluding carboxylic acids is 2. The summed E-state index contributed by atoms with van der Waals surface area (Å²) in [6.45, 7) is 1.65. The lowest BCUT2D eigenvalue weighted by Crippen LogP contribution is -2.28. The number of ether oxygens (including phenoxy) is 2. The zero-order chi connectivity index (χ0) is 22.8. The lowest BCUT2D eigenvalue weighted by atomic mass is 10.1. The molecule has 2 aliphatic heterocycles. The average molecular weight is 477 g/mol. The first-order valence-corrected chi connectivity index (χ1v) is 11.3. The third-order valence-electron chi connectivity index (χ3n) is 5.52. The molecule has 0 bridgehead atoms. The number of halogens is 2. The van der Waals surface area contributed by atoms with E-state index >= 15 is 0 Å². The molecule has 32 heavy (non-hydrogen) atoms. The van der Waals surface area contributed by atoms with E-state index < -0.39 is 17.0 Å². The molecule has 0 unspecified atom stereocenters. The molecule has 0 aliphatic carbocycles. The average Bonchev–Trinajstić information content (AvgIpc) is 3.40. The van der Waals surface area contributed by atoms with Gasteiger partial charge in [0.25, 0.3) is 11.1 Å². The number of thioether (sulfide) groups is 1. The topological polar surface area (TPSA) is 59.1 Å². The molecular weight excluding hydrogens is 455 g/mol. The van der Waals surface area contributed by atoms with E-state index in [2.05, 4.69) is 4.90 Å². The highest BCUT2D eigenvalue weighted by Gasteiger charge is 2.36. The molecule has 168 valence electrons. The van der Waals surface area contributed by atoms with Gasteiger partial charge in [-0.05, 0) is 48.9 Å². The van der Waals surface area contributed by atoms with Gasteiger partial charge in [-0.3, -0.25) is 14.5 Å². The first-order chi connectivity index (χ1) is 15.4. The van der Waals surface area contributed by atoms with Gasteiger partial charge in [0, 0.05) is 35.3 Å². The summed E-state index contributed by atoms with van der Waals surface area (Å²) in [6, 6.07) is 7.93. The van der Waals surface area contributed by atoms with Crippen molar-refractivity contribution in [1.82, 2.24) is 4.90 Å². The molecular formula is C23H22ClFN2O4S. The van der Waals surface area contributed by atoms with E-state index in [0.717, 1.165) is 48.3 Å². The van der Waals surface area contributed by atoms with Crippen LogP contribution in [0.1, 0.15) is 24.0 Å². The van der Waals surface area contributed by atoms with Crippen molar-refractivity contribution in [3.63, 3.8) is 0 Å². The van der Waals surface area contributed by atoms with E-state index in [1.807, 2.05) is 6.07 Å². The third-order valence-corrected chi connectivity index (χ3v) is 6.78. The summed E-state index contributed by atoms with van der Waals surface area (Å²) < 4.78 is 25.3. The Labute approximate surface area is 194 Å². The summed E-state index contributed by atoms with van der Waals surface area (Å²) >= 11 is 6.86. The van der Waals surface area contributed by atoms with Crippen molar-refractivity contribution in [2.24, 2.45) is 0 Å². The Hall–Kier alpha value is -2.71. The number of carbonyl (C=O) groups is 2. The fraction of sp³-hybridized carbons (Fsp3) is 0.304. The maximum absolute atomic E-state index is 14.2. The minimum atomic E-state index is -0.565. The molecule has 2 heterocycles. The molecule has 2 fully saturated rings. The van der Waals surface area contributed by atoms with E-state index in [1.54, 1.807) is 26.4 Å². The molecule has 2 aliphatic rings. The van der Waals surface area contributed by atoms with Crippen LogP contribution in [0.3, 0.4) is 0 Å². The lowest BCUT2D eigenvalue weighted by molar-refractivity contribution is -0.123. The summed E-state index contributed by atoms with van der Waals surface area (Å²) in [7, 11) is 3.15. The van der Waals surface area contributed by atoms with Crippen LogP contribution in [-0.2, 0) is 11.3 Å². The second-order valence-corrected chi connectivity index (χ2v) is 8.83. The Morgan fingerprint density at radius 2 is 1.84 bits per heavy atom. The van der Waals surface area contributed by atoms with E-state index in [1.165, 1.54) is 18.2 Å². The Kier molecular flexibility index (Phi) is 6.62. The van der Waals surface area contributed by atoms with Gasteiger partial charge in [-0.25, -0.2) is 4.39 Å². The third kappa shape index (κ3) is 4.29. The van der Waals surface area contributed by atoms with E-state index in [4.69, 9.17) is 21.1 Å². The highest BCUT2D eigenvalue weighted by atomic mass is 35.5. The van der Waals surface area contributed by atoms with Crippen LogP contribution in [0.25, 0.3) is 6.08 Å². The number of amides is 2. The predicted molar refractivity (Wildman–Crippen MR) is 124 cm³/mol. The SMILES string of the molecule is COc1cc(N2CCCC2)c(OC)cc1/C=C1\SC(=O)N(Cc2c(F)cccc2Cl)C1=O. The van der Waals surface area contributed by atoms with Crippen LogP contribution in [0.4, 0.5) is 14.9 Å². The first-order valence-electron chi connectivity index (χ1n) is 10.1. The standard InChI is InChI=1S/C23H22ClFN2O4S/c1-30-19-12-18(26-8-3-4-9-26)20(31-2)10-14(19)11-21-22(28)27(23(29)32-21)13-15-16(24)6-5-7-17(15)25/h5-7,10-12H,3-4,8-9,13H2,1-2H3/b21-11-. The largest absolute Gasteiger partial charge is 0.496 e. The molecule has 2 amide bonds. The van der Waals surface area contributed by atoms with Crippen LogP contribution in [0.2, 0.25) is 5.02 Å². The van der Waals surface area contributed by atoms with E-state index in [-0.39, 0.29) is 22.0 Å². The van der Waals surface area contributed by atoms with Crippen molar-refractivity contribution < 1.29 is 23.5 Å². The number of nitrogens with zero attached hydrogens (tertiary/aromatic N) is 2. The maximum Gasteiger partial charge on any atom is 0.293 e. The van der Waals surface area contributed by atoms with Gasteiger partial charge >= 0.3 is 0 Å². The van der Waals surface area contributed by atoms with E-state index in [9.17, 15) is 14.0 Å². The molecule has 0 spiro atoms. The number of anilines is 1. The zero-order valence-corrected chi connectivity index (χ0v) is 19.3. The Bertz CT molecular complexity index is 1080. The molecule has 2 aromatic carbocycles. The normalized spacial score (nSPS) is 17.6. The summed E-state index contributed by atoms with van der Waals surface area (Å²) in [5.74, 6) is 0.154. The molecule has 0 radical (unpaired) electrons. The minimum Gasteiger partial charge on any atom is -0.496 e. The number of hydrogen-bond donors (Lipinski definition) is 0. The number of hydrogen-bond acceptors (Lipinski definition) is 6. The number of benzene rings is 2. The van der Waals surface area contributed by atoms with Crippen molar-refractivity contribution in [3.05, 3.63) is 57.2 Å². The number of imide groups is 1. The highest BCUT2D eigenvalue weighted by Crippen LogP contribution is 2.40. The lowest BCUT2D eigenvalue weighted by Gasteiger charge is -2.22. The highest BCUT2D eigenvalue weighted by molar-refractivity contribution is 8.18.